The Morgan fingerprint density at radius 3 is 2.73 bits per heavy atom. The van der Waals surface area contributed by atoms with Crippen LogP contribution in [0.2, 0.25) is 0 Å². The summed E-state index contributed by atoms with van der Waals surface area (Å²) in [5.74, 6) is -4.34. The van der Waals surface area contributed by atoms with E-state index >= 15 is 0 Å². The summed E-state index contributed by atoms with van der Waals surface area (Å²) in [4.78, 5) is 36.5. The number of carbonyl (C=O) groups excluding carboxylic acids is 2. The van der Waals surface area contributed by atoms with Crippen molar-refractivity contribution in [1.82, 2.24) is 10.2 Å². The van der Waals surface area contributed by atoms with Crippen molar-refractivity contribution in [2.45, 2.75) is 31.7 Å². The average Bonchev–Trinajstić information content (AvgIpc) is 3.08. The number of nitrogens with one attached hydrogen (secondary N) is 1. The summed E-state index contributed by atoms with van der Waals surface area (Å²) >= 11 is 0. The Balaban J connectivity index is 2.11. The molecule has 2 rings (SSSR count). The van der Waals surface area contributed by atoms with Crippen molar-refractivity contribution in [1.29, 1.82) is 0 Å². The number of nitrogens with zero attached hydrogens (tertiary/aromatic N) is 2. The molecule has 1 aliphatic heterocycles. The molecule has 3 N–H and O–H groups in total. The molecule has 10 heteroatoms. The van der Waals surface area contributed by atoms with Crippen LogP contribution in [-0.2, 0) is 4.79 Å². The van der Waals surface area contributed by atoms with Crippen molar-refractivity contribution in [3.63, 3.8) is 0 Å². The van der Waals surface area contributed by atoms with Gasteiger partial charge in [0, 0.05) is 23.7 Å². The molecular weight excluding hydrogens is 350 g/mol. The number of nitrogens with two attached hydrogens (primary N) is 1. The maximum Gasteiger partial charge on any atom is 0.277 e. The summed E-state index contributed by atoms with van der Waals surface area (Å²) in [5, 5.41) is 13.0. The number of rotatable bonds is 6. The first-order valence-corrected chi connectivity index (χ1v) is 8.08. The molecule has 0 saturated carbocycles. The van der Waals surface area contributed by atoms with E-state index in [1.54, 1.807) is 0 Å². The van der Waals surface area contributed by atoms with Crippen LogP contribution < -0.4 is 11.1 Å². The Kier molecular flexibility index (Phi) is 5.86. The van der Waals surface area contributed by atoms with Gasteiger partial charge in [0.25, 0.3) is 17.5 Å². The summed E-state index contributed by atoms with van der Waals surface area (Å²) in [6.45, 7) is 0.0401. The number of amides is 2. The zero-order chi connectivity index (χ0) is 19.5. The number of hydrogen-bond acceptors (Lipinski definition) is 5. The Hall–Kier alpha value is -2.62. The monoisotopic (exact) mass is 370 g/mol. The van der Waals surface area contributed by atoms with Crippen molar-refractivity contribution in [3.8, 4) is 0 Å². The molecule has 1 atom stereocenters. The van der Waals surface area contributed by atoms with Gasteiger partial charge in [0.05, 0.1) is 18.0 Å². The van der Waals surface area contributed by atoms with Gasteiger partial charge in [0.2, 0.25) is 5.91 Å². The number of halogens is 2. The van der Waals surface area contributed by atoms with Gasteiger partial charge in [-0.05, 0) is 31.9 Å². The molecule has 0 spiro atoms. The van der Waals surface area contributed by atoms with Crippen LogP contribution in [0.4, 0.5) is 14.5 Å². The van der Waals surface area contributed by atoms with Crippen LogP contribution in [0.15, 0.2) is 18.2 Å². The Bertz CT molecular complexity index is 726. The van der Waals surface area contributed by atoms with E-state index < -0.39 is 41.8 Å². The van der Waals surface area contributed by atoms with Crippen molar-refractivity contribution in [2.75, 3.05) is 19.6 Å². The molecule has 0 aliphatic carbocycles. The molecule has 8 nitrogen and oxygen atoms in total. The van der Waals surface area contributed by atoms with Crippen LogP contribution in [0.25, 0.3) is 0 Å². The van der Waals surface area contributed by atoms with Crippen molar-refractivity contribution < 1.29 is 23.3 Å². The van der Waals surface area contributed by atoms with E-state index in [0.717, 1.165) is 0 Å². The molecule has 1 aliphatic rings. The second kappa shape index (κ2) is 7.73. The predicted octanol–water partition coefficient (Wildman–Crippen LogP) is 1.22. The lowest BCUT2D eigenvalue weighted by atomic mass is 10.1. The molecular formula is C16H20F2N4O4. The number of aryl methyl sites for hydroxylation is 1. The molecule has 142 valence electrons. The summed E-state index contributed by atoms with van der Waals surface area (Å²) in [7, 11) is 0. The van der Waals surface area contributed by atoms with E-state index in [4.69, 9.17) is 5.73 Å². The minimum Gasteiger partial charge on any atom is -0.348 e. The zero-order valence-electron chi connectivity index (χ0n) is 14.2. The van der Waals surface area contributed by atoms with Crippen LogP contribution in [0.1, 0.15) is 28.8 Å². The number of nitro groups is 1. The third-order valence-electron chi connectivity index (χ3n) is 4.28. The number of hydrogen-bond donors (Lipinski definition) is 2. The highest BCUT2D eigenvalue weighted by Gasteiger charge is 2.36. The second-order valence-corrected chi connectivity index (χ2v) is 6.19. The molecule has 0 aromatic heterocycles. The molecule has 0 bridgehead atoms. The summed E-state index contributed by atoms with van der Waals surface area (Å²) in [5.41, 5.74) is 5.35. The predicted molar refractivity (Wildman–Crippen MR) is 88.9 cm³/mol. The zero-order valence-corrected chi connectivity index (χ0v) is 14.2. The van der Waals surface area contributed by atoms with Gasteiger partial charge in [-0.25, -0.2) is 8.78 Å². The normalized spacial score (nSPS) is 17.2. The second-order valence-electron chi connectivity index (χ2n) is 6.19. The summed E-state index contributed by atoms with van der Waals surface area (Å²) in [6.07, 6.45) is 0.917. The molecule has 1 fully saturated rings. The fourth-order valence-electron chi connectivity index (χ4n) is 2.85. The smallest absolute Gasteiger partial charge is 0.277 e. The van der Waals surface area contributed by atoms with Crippen molar-refractivity contribution in [2.24, 2.45) is 5.73 Å². The summed E-state index contributed by atoms with van der Waals surface area (Å²) in [6, 6.07) is 3.08. The van der Waals surface area contributed by atoms with Gasteiger partial charge in [0.1, 0.15) is 6.04 Å². The summed E-state index contributed by atoms with van der Waals surface area (Å²) < 4.78 is 26.4. The standard InChI is InChI=1S/C16H20F2N4O4/c1-10-7-11(4-5-12(10)22(25)26)15(24)21-6-2-3-13(21)14(23)20-9-16(17,18)8-19/h4-5,7,13H,2-3,6,8-9,19H2,1H3,(H,20,23). The molecule has 1 heterocycles. The van der Waals surface area contributed by atoms with E-state index in [-0.39, 0.29) is 11.3 Å². The number of likely N-dealkylation sites (tertiary alicyclic amines) is 1. The molecule has 2 amide bonds. The van der Waals surface area contributed by atoms with Gasteiger partial charge in [-0.15, -0.1) is 0 Å². The highest BCUT2D eigenvalue weighted by atomic mass is 19.3. The number of alkyl halides is 2. The highest BCUT2D eigenvalue weighted by molar-refractivity contribution is 5.98. The quantitative estimate of drug-likeness (QED) is 0.576. The molecule has 26 heavy (non-hydrogen) atoms. The molecule has 0 radical (unpaired) electrons. The Morgan fingerprint density at radius 2 is 2.15 bits per heavy atom. The lowest BCUT2D eigenvalue weighted by Crippen LogP contribution is -2.49. The average molecular weight is 370 g/mol. The molecule has 1 saturated heterocycles. The van der Waals surface area contributed by atoms with Crippen LogP contribution in [0.3, 0.4) is 0 Å². The van der Waals surface area contributed by atoms with E-state index in [2.05, 4.69) is 5.32 Å². The molecule has 1 aromatic carbocycles. The van der Waals surface area contributed by atoms with Gasteiger partial charge in [-0.2, -0.15) is 0 Å². The van der Waals surface area contributed by atoms with Crippen LogP contribution in [0, 0.1) is 17.0 Å². The Labute approximate surface area is 148 Å². The molecule has 1 aromatic rings. The molecule has 1 unspecified atom stereocenters. The van der Waals surface area contributed by atoms with E-state index in [1.807, 2.05) is 0 Å². The maximum absolute atomic E-state index is 13.2. The van der Waals surface area contributed by atoms with Crippen LogP contribution in [0.5, 0.6) is 0 Å². The number of carbonyl (C=O) groups is 2. The van der Waals surface area contributed by atoms with Crippen molar-refractivity contribution in [3.05, 3.63) is 39.4 Å². The van der Waals surface area contributed by atoms with E-state index in [1.165, 1.54) is 30.0 Å². The highest BCUT2D eigenvalue weighted by Crippen LogP contribution is 2.24. The SMILES string of the molecule is Cc1cc(C(=O)N2CCCC2C(=O)NCC(F)(F)CN)ccc1[N+](=O)[O-]. The van der Waals surface area contributed by atoms with Gasteiger partial charge in [-0.1, -0.05) is 0 Å². The largest absolute Gasteiger partial charge is 0.348 e. The first kappa shape index (κ1) is 19.7. The minimum absolute atomic E-state index is 0.110. The van der Waals surface area contributed by atoms with Crippen LogP contribution in [-0.4, -0.2) is 53.2 Å². The van der Waals surface area contributed by atoms with Crippen LogP contribution >= 0.6 is 0 Å². The maximum atomic E-state index is 13.2. The minimum atomic E-state index is -3.21. The number of nitro benzene ring substituents is 1. The van der Waals surface area contributed by atoms with Gasteiger partial charge in [0.15, 0.2) is 0 Å². The fraction of sp³-hybridized carbons (Fsp3) is 0.500. The number of benzene rings is 1. The first-order chi connectivity index (χ1) is 12.2. The lowest BCUT2D eigenvalue weighted by molar-refractivity contribution is -0.385. The fourth-order valence-corrected chi connectivity index (χ4v) is 2.85. The van der Waals surface area contributed by atoms with E-state index in [9.17, 15) is 28.5 Å². The first-order valence-electron chi connectivity index (χ1n) is 8.08. The third-order valence-corrected chi connectivity index (χ3v) is 4.28. The topological polar surface area (TPSA) is 119 Å². The van der Waals surface area contributed by atoms with Gasteiger partial charge >= 0.3 is 0 Å². The Morgan fingerprint density at radius 1 is 1.46 bits per heavy atom. The van der Waals surface area contributed by atoms with Gasteiger partial charge < -0.3 is 16.0 Å². The third kappa shape index (κ3) is 4.31. The van der Waals surface area contributed by atoms with Crippen molar-refractivity contribution >= 4 is 17.5 Å². The van der Waals surface area contributed by atoms with E-state index in [0.29, 0.717) is 24.9 Å². The van der Waals surface area contributed by atoms with Gasteiger partial charge in [-0.3, -0.25) is 19.7 Å². The lowest BCUT2D eigenvalue weighted by Gasteiger charge is -2.25.